The van der Waals surface area contributed by atoms with E-state index >= 15 is 0 Å². The number of nitrogens with zero attached hydrogens (tertiary/aromatic N) is 2. The van der Waals surface area contributed by atoms with Crippen molar-refractivity contribution in [3.05, 3.63) is 53.3 Å². The zero-order valence-corrected chi connectivity index (χ0v) is 23.0. The Labute approximate surface area is 229 Å². The van der Waals surface area contributed by atoms with Gasteiger partial charge in [-0.1, -0.05) is 32.1 Å². The van der Waals surface area contributed by atoms with Crippen molar-refractivity contribution in [2.24, 2.45) is 5.92 Å². The molecule has 1 atom stereocenters. The number of anilines is 1. The maximum atomic E-state index is 13.6. The quantitative estimate of drug-likeness (QED) is 0.350. The molecule has 1 aliphatic heterocycles. The Kier molecular flexibility index (Phi) is 7.98. The van der Waals surface area contributed by atoms with Gasteiger partial charge in [-0.05, 0) is 67.5 Å². The first-order valence-corrected chi connectivity index (χ1v) is 14.0. The fourth-order valence-electron chi connectivity index (χ4n) is 6.14. The lowest BCUT2D eigenvalue weighted by Crippen LogP contribution is -2.40. The number of thiol groups is 1. The van der Waals surface area contributed by atoms with Gasteiger partial charge >= 0.3 is 0 Å². The molecule has 2 aromatic carbocycles. The Morgan fingerprint density at radius 3 is 2.53 bits per heavy atom. The van der Waals surface area contributed by atoms with Crippen molar-refractivity contribution in [3.8, 4) is 11.3 Å². The van der Waals surface area contributed by atoms with Crippen molar-refractivity contribution >= 4 is 41.3 Å². The first-order chi connectivity index (χ1) is 18.4. The summed E-state index contributed by atoms with van der Waals surface area (Å²) in [5, 5.41) is 3.42. The van der Waals surface area contributed by atoms with E-state index in [1.165, 1.54) is 31.4 Å². The summed E-state index contributed by atoms with van der Waals surface area (Å²) in [5.74, 6) is 0.669. The van der Waals surface area contributed by atoms with Crippen LogP contribution in [0.5, 0.6) is 0 Å². The van der Waals surface area contributed by atoms with Crippen LogP contribution in [-0.4, -0.2) is 43.9 Å². The molecule has 2 aliphatic rings. The fourth-order valence-corrected chi connectivity index (χ4v) is 6.31. The molecule has 8 heteroatoms. The van der Waals surface area contributed by atoms with Crippen LogP contribution >= 0.6 is 12.8 Å². The number of furan rings is 1. The van der Waals surface area contributed by atoms with Crippen molar-refractivity contribution in [1.29, 1.82) is 0 Å². The zero-order chi connectivity index (χ0) is 26.8. The summed E-state index contributed by atoms with van der Waals surface area (Å²) in [6, 6.07) is 9.88. The Morgan fingerprint density at radius 2 is 1.84 bits per heavy atom. The third-order valence-electron chi connectivity index (χ3n) is 8.15. The number of rotatable bonds is 6. The molecule has 1 aromatic heterocycles. The van der Waals surface area contributed by atoms with Crippen molar-refractivity contribution in [2.75, 3.05) is 31.5 Å². The highest BCUT2D eigenvalue weighted by Crippen LogP contribution is 2.42. The minimum atomic E-state index is -0.354. The average Bonchev–Trinajstić information content (AvgIpc) is 3.31. The largest absolute Gasteiger partial charge is 0.455 e. The molecule has 2 amide bonds. The molecular formula is C30H36FN3O3S. The minimum absolute atomic E-state index is 0.120. The van der Waals surface area contributed by atoms with Crippen molar-refractivity contribution < 1.29 is 18.4 Å². The SMILES string of the molecule is CNC(=O)c1c(-c2ccc(F)cc2)oc2cc(N(C)S)c([C@@H]3CCCN(C(=O)CC4CCCCC4)C3)cc12. The molecule has 1 N–H and O–H groups in total. The summed E-state index contributed by atoms with van der Waals surface area (Å²) in [4.78, 5) is 28.3. The minimum Gasteiger partial charge on any atom is -0.455 e. The van der Waals surface area contributed by atoms with Crippen LogP contribution in [0.2, 0.25) is 0 Å². The second-order valence-corrected chi connectivity index (χ2v) is 11.3. The van der Waals surface area contributed by atoms with Crippen LogP contribution in [0.1, 0.15) is 73.2 Å². The van der Waals surface area contributed by atoms with E-state index in [9.17, 15) is 14.0 Å². The van der Waals surface area contributed by atoms with E-state index in [1.54, 1.807) is 23.5 Å². The highest BCUT2D eigenvalue weighted by molar-refractivity contribution is 7.81. The predicted octanol–water partition coefficient (Wildman–Crippen LogP) is 6.56. The van der Waals surface area contributed by atoms with Crippen LogP contribution < -0.4 is 9.62 Å². The third kappa shape index (κ3) is 5.41. The number of likely N-dealkylation sites (tertiary alicyclic amines) is 1. The normalized spacial score (nSPS) is 18.5. The molecule has 202 valence electrons. The van der Waals surface area contributed by atoms with Gasteiger partial charge in [0.05, 0.1) is 11.3 Å². The molecule has 3 aromatic rings. The number of nitrogens with one attached hydrogen (secondary N) is 1. The first-order valence-electron chi connectivity index (χ1n) is 13.6. The van der Waals surface area contributed by atoms with Gasteiger partial charge in [0.1, 0.15) is 17.2 Å². The van der Waals surface area contributed by atoms with Gasteiger partial charge in [0.25, 0.3) is 5.91 Å². The topological polar surface area (TPSA) is 65.8 Å². The smallest absolute Gasteiger partial charge is 0.255 e. The number of amides is 2. The number of halogens is 1. The molecule has 2 heterocycles. The molecule has 38 heavy (non-hydrogen) atoms. The molecule has 0 spiro atoms. The van der Waals surface area contributed by atoms with Crippen LogP contribution in [0, 0.1) is 11.7 Å². The maximum absolute atomic E-state index is 13.6. The van der Waals surface area contributed by atoms with E-state index in [0.29, 0.717) is 46.7 Å². The second kappa shape index (κ2) is 11.4. The zero-order valence-electron chi connectivity index (χ0n) is 22.1. The summed E-state index contributed by atoms with van der Waals surface area (Å²) in [7, 11) is 3.45. The van der Waals surface area contributed by atoms with Crippen molar-refractivity contribution in [2.45, 2.75) is 57.3 Å². The summed E-state index contributed by atoms with van der Waals surface area (Å²) in [6.07, 6.45) is 8.60. The van der Waals surface area contributed by atoms with Gasteiger partial charge in [-0.2, -0.15) is 0 Å². The molecule has 1 aliphatic carbocycles. The summed E-state index contributed by atoms with van der Waals surface area (Å²) >= 11 is 4.62. The van der Waals surface area contributed by atoms with Gasteiger partial charge in [0, 0.05) is 56.5 Å². The highest BCUT2D eigenvalue weighted by Gasteiger charge is 2.30. The van der Waals surface area contributed by atoms with Crippen LogP contribution in [0.3, 0.4) is 0 Å². The number of hydrogen-bond acceptors (Lipinski definition) is 5. The Bertz CT molecular complexity index is 1310. The number of hydrogen-bond donors (Lipinski definition) is 2. The lowest BCUT2D eigenvalue weighted by Gasteiger charge is -2.35. The van der Waals surface area contributed by atoms with Gasteiger partial charge in [-0.15, -0.1) is 0 Å². The van der Waals surface area contributed by atoms with Crippen molar-refractivity contribution in [3.63, 3.8) is 0 Å². The lowest BCUT2D eigenvalue weighted by molar-refractivity contribution is -0.133. The molecule has 6 nitrogen and oxygen atoms in total. The summed E-state index contributed by atoms with van der Waals surface area (Å²) in [5.41, 5.74) is 3.53. The number of fused-ring (bicyclic) bond motifs is 1. The average molecular weight is 538 g/mol. The van der Waals surface area contributed by atoms with Gasteiger partial charge in [0.2, 0.25) is 5.91 Å². The number of carbonyl (C=O) groups excluding carboxylic acids is 2. The van der Waals surface area contributed by atoms with Crippen LogP contribution in [-0.2, 0) is 4.79 Å². The third-order valence-corrected chi connectivity index (χ3v) is 8.36. The lowest BCUT2D eigenvalue weighted by atomic mass is 9.85. The van der Waals surface area contributed by atoms with Gasteiger partial charge in [0.15, 0.2) is 0 Å². The standard InChI is InChI=1S/C30H36FN3O3S/c1-32-30(36)28-24-16-23(21-9-6-14-34(18-21)27(35)15-19-7-4-3-5-8-19)25(33(2)38)17-26(24)37-29(28)20-10-12-22(31)13-11-20/h10-13,16-17,19,21,38H,3-9,14-15,18H2,1-2H3,(H,32,36)/t21-/m1/s1. The van der Waals surface area contributed by atoms with Crippen LogP contribution in [0.4, 0.5) is 10.1 Å². The van der Waals surface area contributed by atoms with E-state index in [4.69, 9.17) is 4.42 Å². The number of piperidine rings is 1. The molecule has 5 rings (SSSR count). The highest BCUT2D eigenvalue weighted by atomic mass is 32.1. The van der Waals surface area contributed by atoms with Gasteiger partial charge in [-0.3, -0.25) is 9.59 Å². The second-order valence-electron chi connectivity index (χ2n) is 10.7. The van der Waals surface area contributed by atoms with E-state index in [0.717, 1.165) is 43.5 Å². The Hall–Kier alpha value is -3.00. The molecular weight excluding hydrogens is 501 g/mol. The monoisotopic (exact) mass is 537 g/mol. The number of carbonyl (C=O) groups is 2. The van der Waals surface area contributed by atoms with E-state index < -0.39 is 0 Å². The molecule has 0 unspecified atom stereocenters. The molecule has 2 fully saturated rings. The molecule has 0 radical (unpaired) electrons. The number of benzene rings is 2. The van der Waals surface area contributed by atoms with E-state index in [2.05, 4.69) is 18.1 Å². The summed E-state index contributed by atoms with van der Waals surface area (Å²) in [6.45, 7) is 1.45. The van der Waals surface area contributed by atoms with Crippen LogP contribution in [0.25, 0.3) is 22.3 Å². The fraction of sp³-hybridized carbons (Fsp3) is 0.467. The summed E-state index contributed by atoms with van der Waals surface area (Å²) < 4.78 is 21.6. The maximum Gasteiger partial charge on any atom is 0.255 e. The molecule has 1 saturated carbocycles. The van der Waals surface area contributed by atoms with Gasteiger partial charge in [-0.25, -0.2) is 4.39 Å². The first kappa shape index (κ1) is 26.6. The molecule has 0 bridgehead atoms. The van der Waals surface area contributed by atoms with Crippen molar-refractivity contribution in [1.82, 2.24) is 10.2 Å². The van der Waals surface area contributed by atoms with Gasteiger partial charge < -0.3 is 18.9 Å². The van der Waals surface area contributed by atoms with E-state index in [-0.39, 0.29) is 23.5 Å². The Balaban J connectivity index is 1.51. The molecule has 1 saturated heterocycles. The predicted molar refractivity (Wildman–Crippen MR) is 152 cm³/mol. The van der Waals surface area contributed by atoms with E-state index in [1.807, 2.05) is 24.1 Å². The van der Waals surface area contributed by atoms with Crippen LogP contribution in [0.15, 0.2) is 40.8 Å². The Morgan fingerprint density at radius 1 is 1.11 bits per heavy atom.